The van der Waals surface area contributed by atoms with Gasteiger partial charge in [0.1, 0.15) is 0 Å². The van der Waals surface area contributed by atoms with Crippen LogP contribution in [0.25, 0.3) is 0 Å². The number of rotatable bonds is 0. The van der Waals surface area contributed by atoms with Crippen molar-refractivity contribution in [2.75, 3.05) is 0 Å². The fraction of sp³-hybridized carbons (Fsp3) is 0. The molecule has 0 heterocycles. The van der Waals surface area contributed by atoms with E-state index in [1.807, 2.05) is 0 Å². The minimum absolute atomic E-state index is 0. The third kappa shape index (κ3) is 30.0. The second-order valence-corrected chi connectivity index (χ2v) is 1.60. The normalized spacial score (nSPS) is 3.67. The molecule has 41 valence electrons. The molecule has 0 aliphatic carbocycles. The molecule has 0 radical (unpaired) electrons. The number of halogens is 4. The molecule has 0 aromatic heterocycles. The van der Waals surface area contributed by atoms with E-state index in [0.717, 1.165) is 13.1 Å². The van der Waals surface area contributed by atoms with E-state index < -0.39 is 0 Å². The molecule has 0 bridgehead atoms. The van der Waals surface area contributed by atoms with Crippen LogP contribution in [0, 0.1) is 0 Å². The zero-order chi connectivity index (χ0) is 2.71. The fourth-order valence-electron chi connectivity index (χ4n) is 0. The predicted molar refractivity (Wildman–Crippen MR) is 12.8 cm³/mol. The maximum Gasteiger partial charge on any atom is 1.00 e. The van der Waals surface area contributed by atoms with Crippen LogP contribution in [0.4, 0.5) is 0 Å². The van der Waals surface area contributed by atoms with E-state index >= 15 is 0 Å². The molecule has 0 amide bonds. The van der Waals surface area contributed by atoms with Gasteiger partial charge in [-0.1, -0.05) is 0 Å². The summed E-state index contributed by atoms with van der Waals surface area (Å²) in [6.07, 6.45) is 0. The van der Waals surface area contributed by atoms with Crippen molar-refractivity contribution in [2.45, 2.75) is 0 Å². The summed E-state index contributed by atoms with van der Waals surface area (Å²) in [5.41, 5.74) is 0. The van der Waals surface area contributed by atoms with Crippen LogP contribution in [0.5, 0.6) is 0 Å². The van der Waals surface area contributed by atoms with Gasteiger partial charge in [0.25, 0.3) is 0 Å². The maximum absolute atomic E-state index is 4.67. The van der Waals surface area contributed by atoms with E-state index in [0.29, 0.717) is 0 Å². The molecule has 0 saturated carbocycles. The third-order valence-electron chi connectivity index (χ3n) is 0. The molecule has 0 unspecified atom stereocenters. The van der Waals surface area contributed by atoms with Crippen molar-refractivity contribution in [1.29, 1.82) is 0 Å². The Bertz CT molecular complexity index is 11.7. The molecule has 0 aromatic rings. The summed E-state index contributed by atoms with van der Waals surface area (Å²) < 4.78 is 0. The molecule has 0 aliphatic heterocycles. The quantitative estimate of drug-likeness (QED) is 0.362. The summed E-state index contributed by atoms with van der Waals surface area (Å²) in [6.45, 7) is 0. The largest absolute Gasteiger partial charge is 1.00 e. The molecule has 0 saturated heterocycles. The van der Waals surface area contributed by atoms with Crippen molar-refractivity contribution in [1.82, 2.24) is 0 Å². The molecule has 6 heteroatoms. The Morgan fingerprint density at radius 3 is 1.17 bits per heavy atom. The average molecular weight is 229 g/mol. The standard InChI is InChI=1S/4ClH.Cu.Na/h4*1H;;/q;;;;+2;+1/p-3. The molecule has 0 fully saturated rings. The Hall–Kier alpha value is 2.68. The zero-order valence-electron chi connectivity index (χ0n) is 3.81. The van der Waals surface area contributed by atoms with Crippen molar-refractivity contribution in [3.63, 3.8) is 0 Å². The minimum atomic E-state index is 0. The molecule has 0 aliphatic rings. The molecule has 0 aromatic carbocycles. The Kier molecular flexibility index (Phi) is 98.6. The van der Waals surface area contributed by atoms with E-state index in [2.05, 4.69) is 20.2 Å². The van der Waals surface area contributed by atoms with Crippen molar-refractivity contribution in [2.24, 2.45) is 0 Å². The van der Waals surface area contributed by atoms with Gasteiger partial charge in [0.15, 0.2) is 0 Å². The predicted octanol–water partition coefficient (Wildman–Crippen LogP) is -7.50. The van der Waals surface area contributed by atoms with Crippen LogP contribution >= 0.6 is 20.2 Å². The summed E-state index contributed by atoms with van der Waals surface area (Å²) in [6, 6.07) is 0. The van der Waals surface area contributed by atoms with Gasteiger partial charge in [-0.3, -0.25) is 0 Å². The van der Waals surface area contributed by atoms with Gasteiger partial charge in [0.05, 0.1) is 0 Å². The Labute approximate surface area is 87.9 Å². The SMILES string of the molecule is [Cl-].[Cl-].[Cl][Cu][Cl].[H+].[Na+]. The second kappa shape index (κ2) is 25.3. The van der Waals surface area contributed by atoms with Gasteiger partial charge in [-0.25, -0.2) is 0 Å². The van der Waals surface area contributed by atoms with Gasteiger partial charge < -0.3 is 24.8 Å². The topological polar surface area (TPSA) is 0 Å². The van der Waals surface area contributed by atoms with Gasteiger partial charge >= 0.3 is 64.3 Å². The summed E-state index contributed by atoms with van der Waals surface area (Å²) in [5, 5.41) is 0. The van der Waals surface area contributed by atoms with Crippen LogP contribution in [0.3, 0.4) is 0 Å². The Balaban J connectivity index is -0.00000000333. The first-order valence-corrected chi connectivity index (χ1v) is 2.82. The van der Waals surface area contributed by atoms with Crippen molar-refractivity contribution in [3.05, 3.63) is 0 Å². The number of hydrogen-bond donors (Lipinski definition) is 0. The molecular formula is HCl4CuNa. The number of hydrogen-bond acceptors (Lipinski definition) is 0. The summed E-state index contributed by atoms with van der Waals surface area (Å²) in [5.74, 6) is 0. The second-order valence-electron chi connectivity index (χ2n) is 0.0431. The first-order valence-electron chi connectivity index (χ1n) is 0.228. The molecule has 6 heavy (non-hydrogen) atoms. The zero-order valence-corrected chi connectivity index (χ0v) is 8.78. The molecule has 0 rings (SSSR count). The van der Waals surface area contributed by atoms with Crippen LogP contribution < -0.4 is 54.4 Å². The van der Waals surface area contributed by atoms with Crippen LogP contribution in [0.15, 0.2) is 0 Å². The average Bonchev–Trinajstić information content (AvgIpc) is 0.918. The summed E-state index contributed by atoms with van der Waals surface area (Å²) in [4.78, 5) is 0. The molecule has 0 nitrogen and oxygen atoms in total. The first-order chi connectivity index (χ1) is 1.41. The van der Waals surface area contributed by atoms with Gasteiger partial charge in [-0.05, 0) is 0 Å². The van der Waals surface area contributed by atoms with E-state index in [9.17, 15) is 0 Å². The van der Waals surface area contributed by atoms with Gasteiger partial charge in [0, 0.05) is 0 Å². The van der Waals surface area contributed by atoms with E-state index in [4.69, 9.17) is 0 Å². The fourth-order valence-corrected chi connectivity index (χ4v) is 0. The monoisotopic (exact) mass is 227 g/mol. The smallest absolute Gasteiger partial charge is 1.00 e. The van der Waals surface area contributed by atoms with Crippen molar-refractivity contribution >= 4 is 20.2 Å². The maximum atomic E-state index is 4.67. The summed E-state index contributed by atoms with van der Waals surface area (Å²) in [7, 11) is 9.34. The molecule has 0 N–H and O–H groups in total. The van der Waals surface area contributed by atoms with Crippen molar-refractivity contribution in [3.8, 4) is 0 Å². The summed E-state index contributed by atoms with van der Waals surface area (Å²) >= 11 is 0.757. The van der Waals surface area contributed by atoms with Crippen molar-refractivity contribution < 1.29 is 68.9 Å². The van der Waals surface area contributed by atoms with E-state index in [1.54, 1.807) is 0 Å². The first kappa shape index (κ1) is 23.4. The Morgan fingerprint density at radius 2 is 1.17 bits per heavy atom. The molecule has 0 atom stereocenters. The van der Waals surface area contributed by atoms with Crippen LogP contribution in [-0.4, -0.2) is 0 Å². The van der Waals surface area contributed by atoms with E-state index in [-0.39, 0.29) is 55.8 Å². The van der Waals surface area contributed by atoms with Crippen LogP contribution in [0.1, 0.15) is 1.43 Å². The van der Waals surface area contributed by atoms with Gasteiger partial charge in [-0.2, -0.15) is 0 Å². The molecule has 0 spiro atoms. The van der Waals surface area contributed by atoms with E-state index in [1.165, 1.54) is 0 Å². The van der Waals surface area contributed by atoms with Gasteiger partial charge in [0.2, 0.25) is 0 Å². The molecular weight excluding hydrogens is 228 g/mol. The van der Waals surface area contributed by atoms with Gasteiger partial charge in [-0.15, -0.1) is 0 Å². The van der Waals surface area contributed by atoms with Crippen LogP contribution in [-0.2, 0) is 13.1 Å². The minimum Gasteiger partial charge on any atom is 1.00 e. The van der Waals surface area contributed by atoms with Crippen LogP contribution in [0.2, 0.25) is 0 Å². The third-order valence-corrected chi connectivity index (χ3v) is 0. The Morgan fingerprint density at radius 1 is 1.17 bits per heavy atom.